The summed E-state index contributed by atoms with van der Waals surface area (Å²) in [6.07, 6.45) is 2.04. The average molecular weight is 318 g/mol. The van der Waals surface area contributed by atoms with Gasteiger partial charge in [0.05, 0.1) is 12.8 Å². The minimum Gasteiger partial charge on any atom is -1.00 e. The molecule has 0 aliphatic rings. The van der Waals surface area contributed by atoms with Crippen molar-refractivity contribution in [1.29, 1.82) is 0 Å². The summed E-state index contributed by atoms with van der Waals surface area (Å²) >= 11 is 0. The molecule has 2 aromatic heterocycles. The van der Waals surface area contributed by atoms with Gasteiger partial charge >= 0.3 is 0 Å². The van der Waals surface area contributed by atoms with E-state index in [1.165, 1.54) is 5.69 Å². The van der Waals surface area contributed by atoms with Crippen molar-refractivity contribution in [2.45, 2.75) is 6.92 Å². The minimum absolute atomic E-state index is 0. The van der Waals surface area contributed by atoms with Crippen LogP contribution in [0, 0.1) is 6.92 Å². The molecule has 4 heteroatoms. The van der Waals surface area contributed by atoms with Gasteiger partial charge in [0, 0.05) is 17.5 Å². The van der Waals surface area contributed by atoms with Crippen LogP contribution in [0.15, 0.2) is 48.7 Å². The van der Waals surface area contributed by atoms with E-state index in [1.54, 1.807) is 7.11 Å². The van der Waals surface area contributed by atoms with E-state index in [0.717, 1.165) is 22.7 Å². The number of nitrogens with zero attached hydrogens (tertiary/aromatic N) is 2. The molecule has 0 aliphatic carbocycles. The molecule has 1 aromatic carbocycles. The predicted molar refractivity (Wildman–Crippen MR) is 71.9 cm³/mol. The number of aromatic nitrogens is 2. The third-order valence-electron chi connectivity index (χ3n) is 3.08. The van der Waals surface area contributed by atoms with Gasteiger partial charge in [0.2, 0.25) is 0 Å². The van der Waals surface area contributed by atoms with Crippen LogP contribution in [0.2, 0.25) is 0 Å². The van der Waals surface area contributed by atoms with Crippen molar-refractivity contribution < 1.29 is 21.7 Å². The van der Waals surface area contributed by atoms with Crippen molar-refractivity contribution in [3.63, 3.8) is 0 Å². The van der Waals surface area contributed by atoms with Gasteiger partial charge in [-0.25, -0.2) is 4.98 Å². The molecule has 3 rings (SSSR count). The Kier molecular flexibility index (Phi) is 3.90. The lowest BCUT2D eigenvalue weighted by Gasteiger charge is -2.04. The first-order valence-corrected chi connectivity index (χ1v) is 5.88. The summed E-state index contributed by atoms with van der Waals surface area (Å²) in [4.78, 5) is 4.64. The van der Waals surface area contributed by atoms with Crippen LogP contribution in [0.5, 0.6) is 5.75 Å². The molecule has 0 amide bonds. The molecule has 0 unspecified atom stereocenters. The summed E-state index contributed by atoms with van der Waals surface area (Å²) in [5, 5.41) is 0. The normalized spacial score (nSPS) is 10.2. The maximum absolute atomic E-state index is 5.38. The van der Waals surface area contributed by atoms with Gasteiger partial charge in [0.25, 0.3) is 0 Å². The molecule has 0 atom stereocenters. The van der Waals surface area contributed by atoms with Gasteiger partial charge in [0.1, 0.15) is 11.4 Å². The number of fused-ring (bicyclic) bond motifs is 1. The molecular weight excluding hydrogens is 304 g/mol. The predicted octanol–water partition coefficient (Wildman–Crippen LogP) is 0.322. The van der Waals surface area contributed by atoms with Crippen LogP contribution >= 0.6 is 0 Å². The Bertz CT molecular complexity index is 706. The van der Waals surface area contributed by atoms with E-state index in [9.17, 15) is 0 Å². The maximum Gasteiger partial charge on any atom is 0.137 e. The number of halogens is 1. The monoisotopic (exact) mass is 317 g/mol. The van der Waals surface area contributed by atoms with Crippen LogP contribution in [-0.4, -0.2) is 16.5 Å². The number of hydrogen-bond donors (Lipinski definition) is 0. The van der Waals surface area contributed by atoms with Crippen molar-refractivity contribution in [2.75, 3.05) is 7.11 Å². The fourth-order valence-corrected chi connectivity index (χ4v) is 2.13. The van der Waals surface area contributed by atoms with Crippen LogP contribution in [0.1, 0.15) is 5.69 Å². The number of pyridine rings is 1. The van der Waals surface area contributed by atoms with Crippen LogP contribution in [0.3, 0.4) is 0 Å². The third-order valence-corrected chi connectivity index (χ3v) is 3.08. The quantitative estimate of drug-likeness (QED) is 0.680. The summed E-state index contributed by atoms with van der Waals surface area (Å²) in [5.74, 6) is 0.846. The zero-order valence-corrected chi connectivity index (χ0v) is 12.4. The Hall–Kier alpha value is -1.81. The molecule has 0 saturated heterocycles. The van der Waals surface area contributed by atoms with Crippen molar-refractivity contribution in [3.05, 3.63) is 54.4 Å². The highest BCUT2D eigenvalue weighted by molar-refractivity contribution is 5.69. The van der Waals surface area contributed by atoms with Crippen LogP contribution in [0.25, 0.3) is 16.9 Å². The molecule has 2 heterocycles. The van der Waals surface area contributed by atoms with Crippen molar-refractivity contribution >= 4 is 5.65 Å². The van der Waals surface area contributed by atoms with Crippen LogP contribution < -0.4 is 21.7 Å². The van der Waals surface area contributed by atoms with Crippen LogP contribution in [0.4, 0.5) is 0 Å². The summed E-state index contributed by atoms with van der Waals surface area (Å²) in [7, 11) is 1.68. The number of aryl methyl sites for hydroxylation is 1. The van der Waals surface area contributed by atoms with E-state index in [2.05, 4.69) is 22.4 Å². The average Bonchev–Trinajstić information content (AvgIpc) is 2.84. The molecule has 0 fully saturated rings. The van der Waals surface area contributed by atoms with Gasteiger partial charge in [-0.2, -0.15) is 0 Å². The number of para-hydroxylation sites is 1. The number of ether oxygens (including phenoxy) is 1. The van der Waals surface area contributed by atoms with Gasteiger partial charge in [-0.15, -0.1) is 0 Å². The van der Waals surface area contributed by atoms with Crippen molar-refractivity contribution in [3.8, 4) is 17.0 Å². The first kappa shape index (κ1) is 13.6. The largest absolute Gasteiger partial charge is 1.00 e. The molecule has 3 nitrogen and oxygen atoms in total. The molecule has 98 valence electrons. The molecule has 0 aliphatic heterocycles. The fourth-order valence-electron chi connectivity index (χ4n) is 2.13. The van der Waals surface area contributed by atoms with Gasteiger partial charge in [-0.3, -0.25) is 0 Å². The molecular formula is C15H14BrN2O-. The number of benzene rings is 1. The Balaban J connectivity index is 0.00000133. The van der Waals surface area contributed by atoms with E-state index >= 15 is 0 Å². The third kappa shape index (κ3) is 2.36. The second kappa shape index (κ2) is 5.45. The SMILES string of the molecule is COc1ccccc1-c1cn2c(C)cccc2n1.[Br-]. The van der Waals surface area contributed by atoms with E-state index in [0.29, 0.717) is 0 Å². The Labute approximate surface area is 122 Å². The van der Waals surface area contributed by atoms with E-state index in [4.69, 9.17) is 4.74 Å². The van der Waals surface area contributed by atoms with E-state index in [-0.39, 0.29) is 17.0 Å². The number of imidazole rings is 1. The first-order valence-electron chi connectivity index (χ1n) is 5.88. The fraction of sp³-hybridized carbons (Fsp3) is 0.133. The maximum atomic E-state index is 5.38. The van der Waals surface area contributed by atoms with Gasteiger partial charge < -0.3 is 26.1 Å². The molecule has 0 spiro atoms. The molecule has 3 aromatic rings. The standard InChI is InChI=1S/C15H14N2O.BrH/c1-11-6-5-9-15-16-13(10-17(11)15)12-7-3-4-8-14(12)18-2;/h3-10H,1-2H3;1H/p-1. The van der Waals surface area contributed by atoms with Gasteiger partial charge in [-0.1, -0.05) is 18.2 Å². The van der Waals surface area contributed by atoms with Crippen molar-refractivity contribution in [1.82, 2.24) is 9.38 Å². The molecule has 0 radical (unpaired) electrons. The lowest BCUT2D eigenvalue weighted by atomic mass is 10.1. The number of hydrogen-bond acceptors (Lipinski definition) is 2. The lowest BCUT2D eigenvalue weighted by Crippen LogP contribution is -3.00. The topological polar surface area (TPSA) is 26.5 Å². The van der Waals surface area contributed by atoms with Gasteiger partial charge in [0.15, 0.2) is 0 Å². The highest BCUT2D eigenvalue weighted by Gasteiger charge is 2.09. The summed E-state index contributed by atoms with van der Waals surface area (Å²) < 4.78 is 7.46. The number of methoxy groups -OCH3 is 1. The molecule has 0 N–H and O–H groups in total. The lowest BCUT2D eigenvalue weighted by molar-refractivity contribution is -0.00000407. The molecule has 0 saturated carbocycles. The molecule has 19 heavy (non-hydrogen) atoms. The summed E-state index contributed by atoms with van der Waals surface area (Å²) in [6, 6.07) is 14.0. The number of rotatable bonds is 2. The summed E-state index contributed by atoms with van der Waals surface area (Å²) in [5.41, 5.74) is 4.07. The highest BCUT2D eigenvalue weighted by Crippen LogP contribution is 2.29. The molecule has 0 bridgehead atoms. The Morgan fingerprint density at radius 2 is 1.84 bits per heavy atom. The van der Waals surface area contributed by atoms with Crippen LogP contribution in [-0.2, 0) is 0 Å². The summed E-state index contributed by atoms with van der Waals surface area (Å²) in [6.45, 7) is 2.07. The Morgan fingerprint density at radius 1 is 1.05 bits per heavy atom. The second-order valence-electron chi connectivity index (χ2n) is 4.22. The van der Waals surface area contributed by atoms with E-state index < -0.39 is 0 Å². The smallest absolute Gasteiger partial charge is 0.137 e. The zero-order valence-electron chi connectivity index (χ0n) is 10.8. The first-order chi connectivity index (χ1) is 8.79. The minimum atomic E-state index is 0. The van der Waals surface area contributed by atoms with E-state index in [1.807, 2.05) is 42.6 Å². The highest BCUT2D eigenvalue weighted by atomic mass is 79.9. The Morgan fingerprint density at radius 3 is 2.58 bits per heavy atom. The van der Waals surface area contributed by atoms with Crippen molar-refractivity contribution in [2.24, 2.45) is 0 Å². The van der Waals surface area contributed by atoms with Gasteiger partial charge in [-0.05, 0) is 31.2 Å². The zero-order chi connectivity index (χ0) is 12.5. The second-order valence-corrected chi connectivity index (χ2v) is 4.22.